The highest BCUT2D eigenvalue weighted by molar-refractivity contribution is 7.12. The molecule has 0 fully saturated rings. The Morgan fingerprint density at radius 2 is 2.38 bits per heavy atom. The molecule has 1 rings (SSSR count). The molecule has 0 spiro atoms. The average molecular weight is 192 g/mol. The van der Waals surface area contributed by atoms with Crippen LogP contribution in [0.25, 0.3) is 0 Å². The highest BCUT2D eigenvalue weighted by atomic mass is 32.1. The third-order valence-corrected chi connectivity index (χ3v) is 2.16. The van der Waals surface area contributed by atoms with Crippen LogP contribution in [0.3, 0.4) is 0 Å². The third kappa shape index (κ3) is 3.59. The lowest BCUT2D eigenvalue weighted by atomic mass is 10.4. The molecule has 3 heteroatoms. The Morgan fingerprint density at radius 3 is 2.92 bits per heavy atom. The highest BCUT2D eigenvalue weighted by Crippen LogP contribution is 2.12. The summed E-state index contributed by atoms with van der Waals surface area (Å²) in [7, 11) is 0. The van der Waals surface area contributed by atoms with Crippen molar-refractivity contribution in [3.63, 3.8) is 0 Å². The second-order valence-electron chi connectivity index (χ2n) is 2.35. The van der Waals surface area contributed by atoms with Gasteiger partial charge in [-0.3, -0.25) is 0 Å². The van der Waals surface area contributed by atoms with Crippen LogP contribution >= 0.6 is 11.3 Å². The molecule has 1 aromatic heterocycles. The van der Waals surface area contributed by atoms with Gasteiger partial charge in [-0.15, -0.1) is 11.3 Å². The molecule has 2 nitrogen and oxygen atoms in total. The first-order valence-corrected chi connectivity index (χ1v) is 4.47. The normalized spacial score (nSPS) is 9.62. The summed E-state index contributed by atoms with van der Waals surface area (Å²) in [5.74, 6) is 4.51. The molecule has 13 heavy (non-hydrogen) atoms. The topological polar surface area (TPSA) is 37.3 Å². The van der Waals surface area contributed by atoms with Crippen molar-refractivity contribution in [1.29, 1.82) is 0 Å². The van der Waals surface area contributed by atoms with Crippen molar-refractivity contribution in [2.45, 2.75) is 6.92 Å². The molecule has 0 saturated carbocycles. The van der Waals surface area contributed by atoms with Gasteiger partial charge >= 0.3 is 5.97 Å². The van der Waals surface area contributed by atoms with Crippen molar-refractivity contribution in [3.05, 3.63) is 34.0 Å². The molecule has 0 radical (unpaired) electrons. The van der Waals surface area contributed by atoms with Crippen LogP contribution < -0.4 is 0 Å². The van der Waals surface area contributed by atoms with E-state index in [0.29, 0.717) is 0 Å². The fourth-order valence-electron chi connectivity index (χ4n) is 0.727. The SMILES string of the molecule is Cc1ccc(C#CC=CC(=O)O)s1. The molecule has 66 valence electrons. The Labute approximate surface area is 80.5 Å². The van der Waals surface area contributed by atoms with E-state index in [2.05, 4.69) is 11.8 Å². The monoisotopic (exact) mass is 192 g/mol. The van der Waals surface area contributed by atoms with Gasteiger partial charge in [-0.2, -0.15) is 0 Å². The summed E-state index contributed by atoms with van der Waals surface area (Å²) < 4.78 is 0. The number of thiophene rings is 1. The Kier molecular flexibility index (Phi) is 3.30. The summed E-state index contributed by atoms with van der Waals surface area (Å²) in [6.07, 6.45) is 2.35. The second kappa shape index (κ2) is 4.48. The van der Waals surface area contributed by atoms with Crippen molar-refractivity contribution in [2.75, 3.05) is 0 Å². The van der Waals surface area contributed by atoms with Crippen LogP contribution in [-0.4, -0.2) is 11.1 Å². The zero-order chi connectivity index (χ0) is 9.68. The minimum Gasteiger partial charge on any atom is -0.478 e. The van der Waals surface area contributed by atoms with Crippen LogP contribution in [0.15, 0.2) is 24.3 Å². The predicted octanol–water partition coefficient (Wildman–Crippen LogP) is 2.05. The molecule has 1 heterocycles. The fraction of sp³-hybridized carbons (Fsp3) is 0.100. The van der Waals surface area contributed by atoms with Crippen molar-refractivity contribution < 1.29 is 9.90 Å². The minimum atomic E-state index is -0.975. The van der Waals surface area contributed by atoms with Gasteiger partial charge in [-0.05, 0) is 25.1 Å². The second-order valence-corrected chi connectivity index (χ2v) is 3.64. The van der Waals surface area contributed by atoms with E-state index in [-0.39, 0.29) is 0 Å². The molecule has 0 saturated heterocycles. The van der Waals surface area contributed by atoms with E-state index >= 15 is 0 Å². The van der Waals surface area contributed by atoms with E-state index in [4.69, 9.17) is 5.11 Å². The lowest BCUT2D eigenvalue weighted by Crippen LogP contribution is -1.84. The molecule has 0 aliphatic heterocycles. The zero-order valence-corrected chi connectivity index (χ0v) is 7.89. The number of aryl methyl sites for hydroxylation is 1. The van der Waals surface area contributed by atoms with Crippen LogP contribution in [0.5, 0.6) is 0 Å². The largest absolute Gasteiger partial charge is 0.478 e. The molecule has 0 amide bonds. The van der Waals surface area contributed by atoms with Crippen molar-refractivity contribution in [2.24, 2.45) is 0 Å². The molecule has 0 aliphatic carbocycles. The van der Waals surface area contributed by atoms with E-state index in [9.17, 15) is 4.79 Å². The average Bonchev–Trinajstić information content (AvgIpc) is 2.45. The standard InChI is InChI=1S/C10H8O2S/c1-8-6-7-9(13-8)4-2-3-5-10(11)12/h3,5-7H,1H3,(H,11,12). The van der Waals surface area contributed by atoms with Gasteiger partial charge in [0.05, 0.1) is 4.88 Å². The summed E-state index contributed by atoms with van der Waals surface area (Å²) in [4.78, 5) is 12.2. The van der Waals surface area contributed by atoms with Gasteiger partial charge in [0.15, 0.2) is 0 Å². The molecule has 0 aliphatic rings. The van der Waals surface area contributed by atoms with Crippen molar-refractivity contribution in [3.8, 4) is 11.8 Å². The smallest absolute Gasteiger partial charge is 0.328 e. The van der Waals surface area contributed by atoms with Crippen molar-refractivity contribution in [1.82, 2.24) is 0 Å². The summed E-state index contributed by atoms with van der Waals surface area (Å²) in [5.41, 5.74) is 0. The lowest BCUT2D eigenvalue weighted by molar-refractivity contribution is -0.131. The van der Waals surface area contributed by atoms with Crippen LogP contribution in [0, 0.1) is 18.8 Å². The Balaban J connectivity index is 2.63. The maximum absolute atomic E-state index is 10.1. The van der Waals surface area contributed by atoms with Crippen LogP contribution in [0.2, 0.25) is 0 Å². The number of allylic oxidation sites excluding steroid dienone is 1. The predicted molar refractivity (Wildman–Crippen MR) is 52.7 cm³/mol. The molecule has 1 aromatic rings. The quantitative estimate of drug-likeness (QED) is 0.546. The molecule has 0 unspecified atom stereocenters. The number of carboxylic acid groups (broad SMARTS) is 1. The van der Waals surface area contributed by atoms with E-state index in [0.717, 1.165) is 11.0 Å². The Bertz CT molecular complexity index is 391. The Hall–Kier alpha value is -1.53. The van der Waals surface area contributed by atoms with E-state index in [1.54, 1.807) is 11.3 Å². The molecular formula is C10H8O2S. The van der Waals surface area contributed by atoms with Gasteiger partial charge in [-0.1, -0.05) is 11.8 Å². The van der Waals surface area contributed by atoms with Gasteiger partial charge in [0.25, 0.3) is 0 Å². The summed E-state index contributed by atoms with van der Waals surface area (Å²) in [5, 5.41) is 8.26. The van der Waals surface area contributed by atoms with Crippen molar-refractivity contribution >= 4 is 17.3 Å². The number of hydrogen-bond donors (Lipinski definition) is 1. The zero-order valence-electron chi connectivity index (χ0n) is 7.07. The van der Waals surface area contributed by atoms with Crippen LogP contribution in [0.1, 0.15) is 9.75 Å². The molecule has 0 aromatic carbocycles. The number of hydrogen-bond acceptors (Lipinski definition) is 2. The maximum atomic E-state index is 10.1. The van der Waals surface area contributed by atoms with E-state index in [1.807, 2.05) is 19.1 Å². The first-order chi connectivity index (χ1) is 6.18. The molecule has 0 atom stereocenters. The summed E-state index contributed by atoms with van der Waals surface area (Å²) in [6.45, 7) is 2.00. The van der Waals surface area contributed by atoms with E-state index < -0.39 is 5.97 Å². The molecule has 0 bridgehead atoms. The third-order valence-electron chi connectivity index (χ3n) is 1.24. The van der Waals surface area contributed by atoms with Gasteiger partial charge in [0.2, 0.25) is 0 Å². The lowest BCUT2D eigenvalue weighted by Gasteiger charge is -1.75. The fourth-order valence-corrected chi connectivity index (χ4v) is 1.46. The first kappa shape index (κ1) is 9.56. The Morgan fingerprint density at radius 1 is 1.62 bits per heavy atom. The number of carbonyl (C=O) groups is 1. The van der Waals surface area contributed by atoms with E-state index in [1.165, 1.54) is 11.0 Å². The highest BCUT2D eigenvalue weighted by Gasteiger charge is 1.89. The minimum absolute atomic E-state index is 0.951. The number of rotatable bonds is 1. The van der Waals surface area contributed by atoms with Gasteiger partial charge < -0.3 is 5.11 Å². The van der Waals surface area contributed by atoms with Gasteiger partial charge in [0, 0.05) is 11.0 Å². The maximum Gasteiger partial charge on any atom is 0.328 e. The first-order valence-electron chi connectivity index (χ1n) is 3.66. The molecular weight excluding hydrogens is 184 g/mol. The summed E-state index contributed by atoms with van der Waals surface area (Å²) in [6, 6.07) is 3.90. The van der Waals surface area contributed by atoms with Gasteiger partial charge in [-0.25, -0.2) is 4.79 Å². The number of carboxylic acids is 1. The van der Waals surface area contributed by atoms with Crippen LogP contribution in [-0.2, 0) is 4.79 Å². The van der Waals surface area contributed by atoms with Crippen LogP contribution in [0.4, 0.5) is 0 Å². The molecule has 1 N–H and O–H groups in total. The summed E-state index contributed by atoms with van der Waals surface area (Å²) >= 11 is 1.59. The van der Waals surface area contributed by atoms with Gasteiger partial charge in [0.1, 0.15) is 0 Å². The number of aliphatic carboxylic acids is 1.